The Bertz CT molecular complexity index is 1080. The first-order chi connectivity index (χ1) is 17.1. The molecular formula is C23H33F3N4O6S. The van der Waals surface area contributed by atoms with E-state index in [-0.39, 0.29) is 26.0 Å². The molecule has 2 rings (SSSR count). The van der Waals surface area contributed by atoms with Crippen LogP contribution in [0, 0.1) is 5.92 Å². The molecule has 14 heteroatoms. The summed E-state index contributed by atoms with van der Waals surface area (Å²) in [6.07, 6.45) is -2.86. The number of hydroxylamine groups is 2. The highest BCUT2D eigenvalue weighted by Crippen LogP contribution is 2.33. The molecule has 208 valence electrons. The van der Waals surface area contributed by atoms with E-state index in [9.17, 15) is 41.2 Å². The van der Waals surface area contributed by atoms with Crippen LogP contribution < -0.4 is 5.32 Å². The highest BCUT2D eigenvalue weighted by Gasteiger charge is 2.50. The van der Waals surface area contributed by atoms with Crippen LogP contribution in [0.3, 0.4) is 0 Å². The fourth-order valence-electron chi connectivity index (χ4n) is 4.20. The van der Waals surface area contributed by atoms with Crippen LogP contribution >= 0.6 is 0 Å². The van der Waals surface area contributed by atoms with Gasteiger partial charge in [0.05, 0.1) is 28.5 Å². The molecule has 0 unspecified atom stereocenters. The smallest absolute Gasteiger partial charge is 0.343 e. The molecule has 0 aliphatic carbocycles. The van der Waals surface area contributed by atoms with E-state index in [1.807, 2.05) is 6.92 Å². The van der Waals surface area contributed by atoms with Gasteiger partial charge in [-0.2, -0.15) is 17.5 Å². The van der Waals surface area contributed by atoms with Crippen LogP contribution in [-0.4, -0.2) is 84.4 Å². The third-order valence-electron chi connectivity index (χ3n) is 6.47. The highest BCUT2D eigenvalue weighted by molar-refractivity contribution is 7.89. The predicted molar refractivity (Wildman–Crippen MR) is 127 cm³/mol. The maximum Gasteiger partial charge on any atom is 0.416 e. The van der Waals surface area contributed by atoms with Crippen LogP contribution in [0.2, 0.25) is 0 Å². The molecule has 3 amide bonds. The second-order valence-electron chi connectivity index (χ2n) is 9.52. The molecule has 0 spiro atoms. The zero-order chi connectivity index (χ0) is 28.2. The molecule has 1 saturated heterocycles. The third kappa shape index (κ3) is 6.99. The third-order valence-corrected chi connectivity index (χ3v) is 8.57. The summed E-state index contributed by atoms with van der Waals surface area (Å²) in [5.41, 5.74) is -2.54. The monoisotopic (exact) mass is 550 g/mol. The molecule has 1 aromatic rings. The average molecular weight is 551 g/mol. The van der Waals surface area contributed by atoms with Crippen molar-refractivity contribution >= 4 is 28.2 Å². The van der Waals surface area contributed by atoms with E-state index < -0.39 is 56.0 Å². The number of sulfonamides is 1. The summed E-state index contributed by atoms with van der Waals surface area (Å²) >= 11 is 0. The Morgan fingerprint density at radius 1 is 1.27 bits per heavy atom. The molecule has 2 N–H and O–H groups in total. The number of likely N-dealkylation sites (N-methyl/N-ethyl adjacent to an activating group) is 1. The largest absolute Gasteiger partial charge is 0.416 e. The van der Waals surface area contributed by atoms with Crippen molar-refractivity contribution in [3.63, 3.8) is 0 Å². The number of unbranched alkanes of at least 4 members (excludes halogenated alkanes) is 1. The summed E-state index contributed by atoms with van der Waals surface area (Å²) in [6, 6.07) is 1.69. The number of carbonyl (C=O) groups excluding carboxylic acids is 3. The second-order valence-corrected chi connectivity index (χ2v) is 11.4. The first-order valence-corrected chi connectivity index (χ1v) is 13.2. The first kappa shape index (κ1) is 30.5. The van der Waals surface area contributed by atoms with E-state index in [1.54, 1.807) is 0 Å². The molecule has 2 atom stereocenters. The van der Waals surface area contributed by atoms with Gasteiger partial charge in [-0.3, -0.25) is 19.6 Å². The quantitative estimate of drug-likeness (QED) is 0.261. The first-order valence-electron chi connectivity index (χ1n) is 11.7. The molecule has 1 heterocycles. The molecule has 37 heavy (non-hydrogen) atoms. The van der Waals surface area contributed by atoms with Crippen LogP contribution in [0.25, 0.3) is 0 Å². The predicted octanol–water partition coefficient (Wildman–Crippen LogP) is 2.09. The zero-order valence-electron chi connectivity index (χ0n) is 21.2. The summed E-state index contributed by atoms with van der Waals surface area (Å²) in [5.74, 6) is -2.08. The van der Waals surface area contributed by atoms with Crippen LogP contribution in [0.5, 0.6) is 0 Å². The number of alkyl halides is 3. The van der Waals surface area contributed by atoms with Crippen molar-refractivity contribution in [2.45, 2.75) is 62.7 Å². The molecule has 10 nitrogen and oxygen atoms in total. The van der Waals surface area contributed by atoms with Crippen molar-refractivity contribution < 1.29 is 41.2 Å². The van der Waals surface area contributed by atoms with Crippen molar-refractivity contribution in [3.8, 4) is 0 Å². The zero-order valence-corrected chi connectivity index (χ0v) is 22.0. The number of carbonyl (C=O) groups is 3. The Hall–Kier alpha value is -2.71. The van der Waals surface area contributed by atoms with Gasteiger partial charge < -0.3 is 10.2 Å². The Labute approximate surface area is 214 Å². The summed E-state index contributed by atoms with van der Waals surface area (Å²) in [4.78, 5) is 38.1. The highest BCUT2D eigenvalue weighted by atomic mass is 32.2. The molecule has 1 aromatic carbocycles. The van der Waals surface area contributed by atoms with Crippen LogP contribution in [-0.2, 0) is 30.6 Å². The van der Waals surface area contributed by atoms with E-state index in [2.05, 4.69) is 5.32 Å². The molecule has 1 fully saturated rings. The molecular weight excluding hydrogens is 517 g/mol. The van der Waals surface area contributed by atoms with Crippen molar-refractivity contribution in [1.82, 2.24) is 19.6 Å². The summed E-state index contributed by atoms with van der Waals surface area (Å²) in [5, 5.41) is 12.6. The fourth-order valence-corrected chi connectivity index (χ4v) is 5.98. The lowest BCUT2D eigenvalue weighted by Gasteiger charge is -2.40. The van der Waals surface area contributed by atoms with Crippen molar-refractivity contribution in [2.24, 2.45) is 5.92 Å². The van der Waals surface area contributed by atoms with E-state index in [4.69, 9.17) is 0 Å². The second kappa shape index (κ2) is 11.8. The number of hydrogen-bond donors (Lipinski definition) is 2. The van der Waals surface area contributed by atoms with E-state index >= 15 is 0 Å². The normalized spacial score (nSPS) is 19.7. The molecule has 0 radical (unpaired) electrons. The standard InChI is InChI=1S/C23H33F3N4O6S/c1-5-6-7-16(14-29(34)15-31)20(32)27-19-21(33)28(4)12-13-30(22(19,2)3)37(35,36)18-10-8-17(9-11-18)23(24,25)26/h8-11,15-16,19,34H,5-7,12-14H2,1-4H3,(H,27,32)/t16-,19-/m1/s1. The molecule has 1 aliphatic rings. The number of hydrogen-bond acceptors (Lipinski definition) is 6. The Morgan fingerprint density at radius 3 is 2.38 bits per heavy atom. The van der Waals surface area contributed by atoms with Crippen molar-refractivity contribution in [2.75, 3.05) is 26.7 Å². The number of rotatable bonds is 10. The van der Waals surface area contributed by atoms with Gasteiger partial charge in [0.25, 0.3) is 0 Å². The van der Waals surface area contributed by atoms with Gasteiger partial charge in [-0.15, -0.1) is 0 Å². The van der Waals surface area contributed by atoms with Gasteiger partial charge in [-0.05, 0) is 44.5 Å². The number of nitrogens with one attached hydrogen (secondary N) is 1. The number of benzene rings is 1. The van der Waals surface area contributed by atoms with Gasteiger partial charge >= 0.3 is 6.18 Å². The SMILES string of the molecule is CCCC[C@H](CN(O)C=O)C(=O)N[C@@H]1C(=O)N(C)CCN(S(=O)(=O)c2ccc(C(F)(F)F)cc2)C1(C)C. The molecule has 0 saturated carbocycles. The van der Waals surface area contributed by atoms with E-state index in [1.165, 1.54) is 25.8 Å². The van der Waals surface area contributed by atoms with Crippen LogP contribution in [0.1, 0.15) is 45.6 Å². The van der Waals surface area contributed by atoms with Gasteiger partial charge in [-0.1, -0.05) is 19.8 Å². The van der Waals surface area contributed by atoms with Crippen molar-refractivity contribution in [3.05, 3.63) is 29.8 Å². The Balaban J connectivity index is 2.44. The van der Waals surface area contributed by atoms with E-state index in [0.29, 0.717) is 30.0 Å². The lowest BCUT2D eigenvalue weighted by molar-refractivity contribution is -0.155. The average Bonchev–Trinajstić information content (AvgIpc) is 2.90. The van der Waals surface area contributed by atoms with Gasteiger partial charge in [0.2, 0.25) is 28.2 Å². The minimum absolute atomic E-state index is 0.0245. The minimum Gasteiger partial charge on any atom is -0.343 e. The number of nitrogens with zero attached hydrogens (tertiary/aromatic N) is 3. The fraction of sp³-hybridized carbons (Fsp3) is 0.609. The summed E-state index contributed by atoms with van der Waals surface area (Å²) < 4.78 is 67.0. The number of amides is 3. The summed E-state index contributed by atoms with van der Waals surface area (Å²) in [6.45, 7) is 4.27. The molecule has 0 aromatic heterocycles. The Morgan fingerprint density at radius 2 is 1.86 bits per heavy atom. The lowest BCUT2D eigenvalue weighted by atomic mass is 9.92. The van der Waals surface area contributed by atoms with Gasteiger partial charge in [0.15, 0.2) is 0 Å². The van der Waals surface area contributed by atoms with Gasteiger partial charge in [-0.25, -0.2) is 13.5 Å². The summed E-state index contributed by atoms with van der Waals surface area (Å²) in [7, 11) is -2.94. The Kier molecular flexibility index (Phi) is 9.71. The maximum atomic E-state index is 13.5. The van der Waals surface area contributed by atoms with E-state index in [0.717, 1.165) is 22.9 Å². The molecule has 1 aliphatic heterocycles. The number of halogens is 3. The van der Waals surface area contributed by atoms with Crippen LogP contribution in [0.15, 0.2) is 29.2 Å². The molecule has 0 bridgehead atoms. The lowest BCUT2D eigenvalue weighted by Crippen LogP contribution is -2.63. The maximum absolute atomic E-state index is 13.5. The van der Waals surface area contributed by atoms with Gasteiger partial charge in [0.1, 0.15) is 6.04 Å². The van der Waals surface area contributed by atoms with Crippen LogP contribution in [0.4, 0.5) is 13.2 Å². The van der Waals surface area contributed by atoms with Crippen molar-refractivity contribution in [1.29, 1.82) is 0 Å². The minimum atomic E-state index is -4.64. The van der Waals surface area contributed by atoms with Gasteiger partial charge in [0, 0.05) is 20.1 Å². The topological polar surface area (TPSA) is 127 Å².